The number of benzene rings is 1. The van der Waals surface area contributed by atoms with E-state index in [-0.39, 0.29) is 5.91 Å². The van der Waals surface area contributed by atoms with Crippen molar-refractivity contribution in [2.24, 2.45) is 0 Å². The first kappa shape index (κ1) is 17.6. The second kappa shape index (κ2) is 6.74. The van der Waals surface area contributed by atoms with Crippen molar-refractivity contribution in [3.8, 4) is 5.75 Å². The number of amides is 1. The number of halogens is 1. The number of hydrogen-bond donors (Lipinski definition) is 0. The summed E-state index contributed by atoms with van der Waals surface area (Å²) in [7, 11) is 0. The van der Waals surface area contributed by atoms with E-state index in [0.29, 0.717) is 36.0 Å². The maximum atomic E-state index is 12.8. The molecule has 1 unspecified atom stereocenters. The summed E-state index contributed by atoms with van der Waals surface area (Å²) >= 11 is 6.32. The van der Waals surface area contributed by atoms with Crippen molar-refractivity contribution in [3.63, 3.8) is 0 Å². The van der Waals surface area contributed by atoms with E-state index in [1.165, 1.54) is 6.07 Å². The van der Waals surface area contributed by atoms with Gasteiger partial charge in [-0.15, -0.1) is 0 Å². The fourth-order valence-electron chi connectivity index (χ4n) is 3.28. The molecule has 27 heavy (non-hydrogen) atoms. The van der Waals surface area contributed by atoms with E-state index < -0.39 is 11.7 Å². The molecule has 8 heteroatoms. The third-order valence-corrected chi connectivity index (χ3v) is 5.02. The van der Waals surface area contributed by atoms with Gasteiger partial charge in [-0.3, -0.25) is 4.79 Å². The highest BCUT2D eigenvalue weighted by atomic mass is 35.5. The summed E-state index contributed by atoms with van der Waals surface area (Å²) in [5, 5.41) is 1.09. The summed E-state index contributed by atoms with van der Waals surface area (Å²) in [5.74, 6) is 0.171. The van der Waals surface area contributed by atoms with Crippen molar-refractivity contribution in [2.45, 2.75) is 33.0 Å². The van der Waals surface area contributed by atoms with Crippen LogP contribution in [0.1, 0.15) is 18.2 Å². The standard InChI is InChI=1S/C19H18ClN3O4/c1-11-5-18(24)27-16-7-17(15(20)6-14(11)16)26-12(2)19(25)22-3-4-23-10-21-8-13(23)9-22/h5-8,10,12H,3-4,9H2,1-2H3. The lowest BCUT2D eigenvalue weighted by Crippen LogP contribution is -2.44. The highest BCUT2D eigenvalue weighted by Crippen LogP contribution is 2.32. The molecule has 0 saturated heterocycles. The number of carbonyl (C=O) groups is 1. The van der Waals surface area contributed by atoms with Crippen molar-refractivity contribution in [3.05, 3.63) is 57.4 Å². The number of aromatic nitrogens is 2. The molecule has 2 aromatic heterocycles. The molecule has 0 spiro atoms. The molecule has 0 aliphatic carbocycles. The second-order valence-electron chi connectivity index (χ2n) is 6.63. The van der Waals surface area contributed by atoms with Gasteiger partial charge in [0, 0.05) is 36.8 Å². The van der Waals surface area contributed by atoms with E-state index in [9.17, 15) is 9.59 Å². The molecule has 1 atom stereocenters. The van der Waals surface area contributed by atoms with Gasteiger partial charge < -0.3 is 18.6 Å². The monoisotopic (exact) mass is 387 g/mol. The predicted octanol–water partition coefficient (Wildman–Crippen LogP) is 2.76. The van der Waals surface area contributed by atoms with Crippen LogP contribution in [0.25, 0.3) is 11.0 Å². The van der Waals surface area contributed by atoms with E-state index in [0.717, 1.165) is 16.6 Å². The predicted molar refractivity (Wildman–Crippen MR) is 100.0 cm³/mol. The molecule has 4 rings (SSSR count). The molecular weight excluding hydrogens is 370 g/mol. The maximum Gasteiger partial charge on any atom is 0.336 e. The Morgan fingerprint density at radius 3 is 2.96 bits per heavy atom. The third kappa shape index (κ3) is 3.30. The Morgan fingerprint density at radius 2 is 2.15 bits per heavy atom. The van der Waals surface area contributed by atoms with Gasteiger partial charge in [0.1, 0.15) is 11.3 Å². The number of hydrogen-bond acceptors (Lipinski definition) is 5. The quantitative estimate of drug-likeness (QED) is 0.646. The lowest BCUT2D eigenvalue weighted by atomic mass is 10.1. The first-order valence-electron chi connectivity index (χ1n) is 8.61. The molecular formula is C19H18ClN3O4. The number of nitrogens with zero attached hydrogens (tertiary/aromatic N) is 3. The molecule has 1 aromatic carbocycles. The van der Waals surface area contributed by atoms with Crippen molar-refractivity contribution in [1.29, 1.82) is 0 Å². The summed E-state index contributed by atoms with van der Waals surface area (Å²) in [5.41, 5.74) is 1.69. The van der Waals surface area contributed by atoms with Gasteiger partial charge in [-0.2, -0.15) is 0 Å². The van der Waals surface area contributed by atoms with Crippen LogP contribution in [0.3, 0.4) is 0 Å². The normalized spacial score (nSPS) is 14.9. The zero-order chi connectivity index (χ0) is 19.1. The largest absolute Gasteiger partial charge is 0.479 e. The highest BCUT2D eigenvalue weighted by molar-refractivity contribution is 6.32. The molecule has 1 amide bonds. The van der Waals surface area contributed by atoms with Gasteiger partial charge in [-0.05, 0) is 25.5 Å². The molecule has 1 aliphatic heterocycles. The Balaban J connectivity index is 1.55. The van der Waals surface area contributed by atoms with E-state index in [1.807, 2.05) is 11.5 Å². The average molecular weight is 388 g/mol. The average Bonchev–Trinajstić information content (AvgIpc) is 3.10. The van der Waals surface area contributed by atoms with Crippen molar-refractivity contribution < 1.29 is 13.9 Å². The number of imidazole rings is 1. The van der Waals surface area contributed by atoms with Crippen LogP contribution >= 0.6 is 11.6 Å². The number of fused-ring (bicyclic) bond motifs is 2. The second-order valence-corrected chi connectivity index (χ2v) is 7.03. The SMILES string of the molecule is Cc1cc(=O)oc2cc(OC(C)C(=O)N3CCn4cncc4C3)c(Cl)cc12. The van der Waals surface area contributed by atoms with Crippen LogP contribution in [0.4, 0.5) is 0 Å². The van der Waals surface area contributed by atoms with Crippen LogP contribution in [0, 0.1) is 6.92 Å². The first-order valence-corrected chi connectivity index (χ1v) is 8.98. The van der Waals surface area contributed by atoms with Crippen LogP contribution < -0.4 is 10.4 Å². The molecule has 0 N–H and O–H groups in total. The molecule has 0 fully saturated rings. The molecule has 3 aromatic rings. The molecule has 3 heterocycles. The molecule has 0 saturated carbocycles. The summed E-state index contributed by atoms with van der Waals surface area (Å²) in [6, 6.07) is 4.65. The number of rotatable bonds is 3. The van der Waals surface area contributed by atoms with Gasteiger partial charge in [0.25, 0.3) is 5.91 Å². The van der Waals surface area contributed by atoms with Gasteiger partial charge in [0.15, 0.2) is 6.10 Å². The smallest absolute Gasteiger partial charge is 0.336 e. The van der Waals surface area contributed by atoms with Crippen molar-refractivity contribution >= 4 is 28.5 Å². The lowest BCUT2D eigenvalue weighted by Gasteiger charge is -2.30. The topological polar surface area (TPSA) is 77.6 Å². The Hall–Kier alpha value is -2.80. The van der Waals surface area contributed by atoms with E-state index in [1.54, 1.807) is 36.5 Å². The van der Waals surface area contributed by atoms with E-state index in [4.69, 9.17) is 20.8 Å². The van der Waals surface area contributed by atoms with Gasteiger partial charge in [0.2, 0.25) is 0 Å². The Bertz CT molecular complexity index is 1090. The molecule has 0 radical (unpaired) electrons. The minimum absolute atomic E-state index is 0.135. The molecule has 1 aliphatic rings. The van der Waals surface area contributed by atoms with Crippen LogP contribution in [-0.4, -0.2) is 33.0 Å². The van der Waals surface area contributed by atoms with Gasteiger partial charge in [0.05, 0.1) is 23.6 Å². The Morgan fingerprint density at radius 1 is 1.33 bits per heavy atom. The van der Waals surface area contributed by atoms with Crippen LogP contribution in [0.15, 0.2) is 39.9 Å². The zero-order valence-electron chi connectivity index (χ0n) is 14.9. The summed E-state index contributed by atoms with van der Waals surface area (Å²) in [6.07, 6.45) is 2.79. The number of ether oxygens (including phenoxy) is 1. The fraction of sp³-hybridized carbons (Fsp3) is 0.316. The minimum atomic E-state index is -0.731. The van der Waals surface area contributed by atoms with Crippen LogP contribution in [-0.2, 0) is 17.9 Å². The zero-order valence-corrected chi connectivity index (χ0v) is 15.7. The molecule has 7 nitrogen and oxygen atoms in total. The summed E-state index contributed by atoms with van der Waals surface area (Å²) in [4.78, 5) is 30.2. The molecule has 0 bridgehead atoms. The van der Waals surface area contributed by atoms with Gasteiger partial charge in [-0.1, -0.05) is 11.6 Å². The van der Waals surface area contributed by atoms with E-state index >= 15 is 0 Å². The number of aryl methyl sites for hydroxylation is 1. The Labute approximate surface area is 160 Å². The van der Waals surface area contributed by atoms with Gasteiger partial charge >= 0.3 is 5.63 Å². The summed E-state index contributed by atoms with van der Waals surface area (Å²) < 4.78 is 13.1. The first-order chi connectivity index (χ1) is 12.9. The lowest BCUT2D eigenvalue weighted by molar-refractivity contribution is -0.139. The van der Waals surface area contributed by atoms with Crippen LogP contribution in [0.2, 0.25) is 5.02 Å². The van der Waals surface area contributed by atoms with Gasteiger partial charge in [-0.25, -0.2) is 9.78 Å². The number of carbonyl (C=O) groups excluding carboxylic acids is 1. The van der Waals surface area contributed by atoms with Crippen LogP contribution in [0.5, 0.6) is 5.75 Å². The maximum absolute atomic E-state index is 12.8. The molecule has 140 valence electrons. The van der Waals surface area contributed by atoms with Crippen molar-refractivity contribution in [2.75, 3.05) is 6.54 Å². The van der Waals surface area contributed by atoms with E-state index in [2.05, 4.69) is 4.98 Å². The fourth-order valence-corrected chi connectivity index (χ4v) is 3.49. The summed E-state index contributed by atoms with van der Waals surface area (Å²) in [6.45, 7) is 5.28. The van der Waals surface area contributed by atoms with Crippen molar-refractivity contribution in [1.82, 2.24) is 14.5 Å². The highest BCUT2D eigenvalue weighted by Gasteiger charge is 2.26. The minimum Gasteiger partial charge on any atom is -0.479 e. The Kier molecular flexibility index (Phi) is 4.39. The third-order valence-electron chi connectivity index (χ3n) is 4.73.